The van der Waals surface area contributed by atoms with Gasteiger partial charge in [0.25, 0.3) is 0 Å². The summed E-state index contributed by atoms with van der Waals surface area (Å²) in [5, 5.41) is 15.9. The molecule has 7 heteroatoms. The lowest BCUT2D eigenvalue weighted by atomic mass is 10.2. The predicted molar refractivity (Wildman–Crippen MR) is 78.6 cm³/mol. The maximum Gasteiger partial charge on any atom is 0.173 e. The molecule has 2 rings (SSSR count). The summed E-state index contributed by atoms with van der Waals surface area (Å²) in [5.41, 5.74) is 0.846. The van der Waals surface area contributed by atoms with Crippen molar-refractivity contribution in [2.75, 3.05) is 6.54 Å². The highest BCUT2D eigenvalue weighted by molar-refractivity contribution is 9.10. The third-order valence-electron chi connectivity index (χ3n) is 2.73. The minimum atomic E-state index is 0.0809. The minimum Gasteiger partial charge on any atom is -0.307 e. The molecule has 0 spiro atoms. The number of rotatable bonds is 5. The van der Waals surface area contributed by atoms with Crippen LogP contribution >= 0.6 is 27.5 Å². The molecule has 1 aromatic carbocycles. The largest absolute Gasteiger partial charge is 0.307 e. The van der Waals surface area contributed by atoms with Gasteiger partial charge in [-0.3, -0.25) is 0 Å². The summed E-state index contributed by atoms with van der Waals surface area (Å²) in [6.07, 6.45) is 1.07. The molecule has 1 heterocycles. The maximum atomic E-state index is 6.10. The van der Waals surface area contributed by atoms with E-state index >= 15 is 0 Å². The van der Waals surface area contributed by atoms with E-state index in [1.54, 1.807) is 4.68 Å². The van der Waals surface area contributed by atoms with Gasteiger partial charge < -0.3 is 5.32 Å². The second kappa shape index (κ2) is 6.45. The Labute approximate surface area is 125 Å². The van der Waals surface area contributed by atoms with Gasteiger partial charge in [-0.1, -0.05) is 18.5 Å². The Balaban J connectivity index is 2.30. The molecule has 1 N–H and O–H groups in total. The highest BCUT2D eigenvalue weighted by atomic mass is 79.9. The number of aromatic nitrogens is 4. The molecule has 2 aromatic rings. The molecule has 0 aliphatic heterocycles. The zero-order valence-corrected chi connectivity index (χ0v) is 13.1. The standard InChI is InChI=1S/C12H15BrClN5/c1-3-6-15-8(2)12-16-17-18-19(12)9-4-5-10(13)11(14)7-9/h4-5,7-8,15H,3,6H2,1-2H3. The van der Waals surface area contributed by atoms with Crippen LogP contribution in [0.5, 0.6) is 0 Å². The van der Waals surface area contributed by atoms with Gasteiger partial charge in [-0.25, -0.2) is 0 Å². The van der Waals surface area contributed by atoms with Crippen LogP contribution < -0.4 is 5.32 Å². The van der Waals surface area contributed by atoms with Crippen LogP contribution in [0.15, 0.2) is 22.7 Å². The van der Waals surface area contributed by atoms with E-state index in [0.717, 1.165) is 29.0 Å². The molecule has 0 aliphatic rings. The van der Waals surface area contributed by atoms with Crippen molar-refractivity contribution < 1.29 is 0 Å². The van der Waals surface area contributed by atoms with Crippen molar-refractivity contribution in [3.8, 4) is 5.69 Å². The van der Waals surface area contributed by atoms with Crippen molar-refractivity contribution in [2.45, 2.75) is 26.3 Å². The molecule has 0 bridgehead atoms. The summed E-state index contributed by atoms with van der Waals surface area (Å²) in [6.45, 7) is 5.09. The summed E-state index contributed by atoms with van der Waals surface area (Å²) < 4.78 is 2.55. The number of hydrogen-bond donors (Lipinski definition) is 1. The Hall–Kier alpha value is -0.980. The van der Waals surface area contributed by atoms with Crippen molar-refractivity contribution in [1.82, 2.24) is 25.5 Å². The highest BCUT2D eigenvalue weighted by Gasteiger charge is 2.15. The van der Waals surface area contributed by atoms with E-state index in [2.05, 4.69) is 43.7 Å². The molecule has 102 valence electrons. The van der Waals surface area contributed by atoms with Crippen LogP contribution in [0.2, 0.25) is 5.02 Å². The van der Waals surface area contributed by atoms with E-state index in [-0.39, 0.29) is 6.04 Å². The SMILES string of the molecule is CCCNC(C)c1nnnn1-c1ccc(Br)c(Cl)c1. The maximum absolute atomic E-state index is 6.10. The van der Waals surface area contributed by atoms with Gasteiger partial charge in [-0.15, -0.1) is 5.10 Å². The minimum absolute atomic E-state index is 0.0809. The van der Waals surface area contributed by atoms with Crippen LogP contribution in [0.1, 0.15) is 32.1 Å². The third-order valence-corrected chi connectivity index (χ3v) is 3.96. The van der Waals surface area contributed by atoms with Gasteiger partial charge in [-0.05, 0) is 64.4 Å². The van der Waals surface area contributed by atoms with Crippen LogP contribution in [0, 0.1) is 0 Å². The van der Waals surface area contributed by atoms with Crippen molar-refractivity contribution in [3.05, 3.63) is 33.5 Å². The summed E-state index contributed by atoms with van der Waals surface area (Å²) in [6, 6.07) is 5.71. The molecule has 0 fully saturated rings. The summed E-state index contributed by atoms with van der Waals surface area (Å²) >= 11 is 9.47. The Kier molecular flexibility index (Phi) is 4.90. The number of hydrogen-bond acceptors (Lipinski definition) is 4. The molecule has 0 radical (unpaired) electrons. The van der Waals surface area contributed by atoms with Gasteiger partial charge in [0.15, 0.2) is 5.82 Å². The number of benzene rings is 1. The van der Waals surface area contributed by atoms with E-state index < -0.39 is 0 Å². The number of nitrogens with one attached hydrogen (secondary N) is 1. The first-order valence-corrected chi connectivity index (χ1v) is 7.27. The Morgan fingerprint density at radius 3 is 2.95 bits per heavy atom. The van der Waals surface area contributed by atoms with Crippen molar-refractivity contribution in [2.24, 2.45) is 0 Å². The molecule has 1 aromatic heterocycles. The Bertz CT molecular complexity index is 557. The van der Waals surface area contributed by atoms with Gasteiger partial charge in [0.05, 0.1) is 16.8 Å². The Morgan fingerprint density at radius 2 is 2.26 bits per heavy atom. The molecular weight excluding hydrogens is 330 g/mol. The zero-order chi connectivity index (χ0) is 13.8. The molecular formula is C12H15BrClN5. The fourth-order valence-electron chi connectivity index (χ4n) is 1.72. The first-order valence-electron chi connectivity index (χ1n) is 6.10. The van der Waals surface area contributed by atoms with E-state index in [1.807, 2.05) is 25.1 Å². The van der Waals surface area contributed by atoms with Gasteiger partial charge in [0.1, 0.15) is 0 Å². The zero-order valence-electron chi connectivity index (χ0n) is 10.8. The van der Waals surface area contributed by atoms with Crippen LogP contribution in [-0.2, 0) is 0 Å². The lowest BCUT2D eigenvalue weighted by Gasteiger charge is -2.13. The second-order valence-corrected chi connectivity index (χ2v) is 5.48. The van der Waals surface area contributed by atoms with Crippen LogP contribution in [0.4, 0.5) is 0 Å². The lowest BCUT2D eigenvalue weighted by molar-refractivity contribution is 0.531. The van der Waals surface area contributed by atoms with E-state index in [4.69, 9.17) is 11.6 Å². The van der Waals surface area contributed by atoms with E-state index in [1.165, 1.54) is 0 Å². The third kappa shape index (κ3) is 3.32. The average Bonchev–Trinajstić information content (AvgIpc) is 2.88. The molecule has 5 nitrogen and oxygen atoms in total. The highest BCUT2D eigenvalue weighted by Crippen LogP contribution is 2.25. The van der Waals surface area contributed by atoms with E-state index in [0.29, 0.717) is 5.02 Å². The van der Waals surface area contributed by atoms with E-state index in [9.17, 15) is 0 Å². The Morgan fingerprint density at radius 1 is 1.47 bits per heavy atom. The van der Waals surface area contributed by atoms with Gasteiger partial charge in [-0.2, -0.15) is 4.68 Å². The first kappa shape index (κ1) is 14.4. The van der Waals surface area contributed by atoms with Crippen LogP contribution in [-0.4, -0.2) is 26.8 Å². The summed E-state index contributed by atoms with van der Waals surface area (Å²) in [5.74, 6) is 0.770. The summed E-state index contributed by atoms with van der Waals surface area (Å²) in [4.78, 5) is 0. The summed E-state index contributed by atoms with van der Waals surface area (Å²) in [7, 11) is 0. The fourth-order valence-corrected chi connectivity index (χ4v) is 2.14. The molecule has 0 saturated heterocycles. The topological polar surface area (TPSA) is 55.6 Å². The lowest BCUT2D eigenvalue weighted by Crippen LogP contribution is -2.22. The van der Waals surface area contributed by atoms with Crippen LogP contribution in [0.3, 0.4) is 0 Å². The smallest absolute Gasteiger partial charge is 0.173 e. The van der Waals surface area contributed by atoms with Gasteiger partial charge in [0.2, 0.25) is 0 Å². The number of tetrazole rings is 1. The normalized spacial score (nSPS) is 12.6. The quantitative estimate of drug-likeness (QED) is 0.905. The molecule has 0 amide bonds. The van der Waals surface area contributed by atoms with Crippen LogP contribution in [0.25, 0.3) is 5.69 Å². The monoisotopic (exact) mass is 343 g/mol. The second-order valence-electron chi connectivity index (χ2n) is 4.22. The molecule has 1 unspecified atom stereocenters. The molecule has 0 aliphatic carbocycles. The molecule has 19 heavy (non-hydrogen) atoms. The predicted octanol–water partition coefficient (Wildman–Crippen LogP) is 3.14. The first-order chi connectivity index (χ1) is 9.13. The van der Waals surface area contributed by atoms with Crippen molar-refractivity contribution >= 4 is 27.5 Å². The molecule has 1 atom stereocenters. The van der Waals surface area contributed by atoms with Gasteiger partial charge in [0, 0.05) is 4.47 Å². The number of nitrogens with zero attached hydrogens (tertiary/aromatic N) is 4. The number of halogens is 2. The molecule has 0 saturated carbocycles. The van der Waals surface area contributed by atoms with Crippen molar-refractivity contribution in [3.63, 3.8) is 0 Å². The fraction of sp³-hybridized carbons (Fsp3) is 0.417. The van der Waals surface area contributed by atoms with Gasteiger partial charge >= 0.3 is 0 Å². The van der Waals surface area contributed by atoms with Crippen molar-refractivity contribution in [1.29, 1.82) is 0 Å². The average molecular weight is 345 g/mol.